The highest BCUT2D eigenvalue weighted by atomic mass is 16.6. The van der Waals surface area contributed by atoms with Gasteiger partial charge in [0.25, 0.3) is 11.6 Å². The van der Waals surface area contributed by atoms with Crippen molar-refractivity contribution in [3.63, 3.8) is 0 Å². The molecule has 1 heterocycles. The molecule has 138 valence electrons. The second-order valence-electron chi connectivity index (χ2n) is 6.97. The number of nitrogens with one attached hydrogen (secondary N) is 1. The summed E-state index contributed by atoms with van der Waals surface area (Å²) < 4.78 is 0. The average molecular weight is 365 g/mol. The minimum Gasteiger partial charge on any atom is -0.322 e. The van der Waals surface area contributed by atoms with Crippen LogP contribution in [0.25, 0.3) is 0 Å². The highest BCUT2D eigenvalue weighted by molar-refractivity contribution is 6.05. The van der Waals surface area contributed by atoms with Gasteiger partial charge in [0, 0.05) is 41.5 Å². The Balaban J connectivity index is 1.50. The van der Waals surface area contributed by atoms with Crippen LogP contribution in [0.5, 0.6) is 0 Å². The van der Waals surface area contributed by atoms with Crippen molar-refractivity contribution in [2.75, 3.05) is 16.8 Å². The van der Waals surface area contributed by atoms with Crippen LogP contribution in [0.15, 0.2) is 42.5 Å². The number of carbonyl (C=O) groups excluding carboxylic acids is 2. The lowest BCUT2D eigenvalue weighted by Gasteiger charge is -2.30. The molecule has 4 rings (SSSR count). The first-order valence-electron chi connectivity index (χ1n) is 9.03. The van der Waals surface area contributed by atoms with Gasteiger partial charge in [-0.3, -0.25) is 19.7 Å². The normalized spacial score (nSPS) is 15.8. The summed E-state index contributed by atoms with van der Waals surface area (Å²) in [6.45, 7) is 0.747. The van der Waals surface area contributed by atoms with Crippen molar-refractivity contribution in [3.8, 4) is 0 Å². The standard InChI is InChI=1S/C20H19N3O4/c24-19(13-5-8-17(9-6-13)23(26)27)21-16-7-10-18-15(12-16)2-1-11-22(18)20(25)14-3-4-14/h5-10,12,14H,1-4,11H2,(H,21,24). The van der Waals surface area contributed by atoms with Crippen LogP contribution < -0.4 is 10.2 Å². The van der Waals surface area contributed by atoms with Crippen molar-refractivity contribution in [1.82, 2.24) is 0 Å². The van der Waals surface area contributed by atoms with Gasteiger partial charge >= 0.3 is 0 Å². The second kappa shape index (κ2) is 6.83. The molecule has 0 radical (unpaired) electrons. The topological polar surface area (TPSA) is 92.6 Å². The Morgan fingerprint density at radius 3 is 2.52 bits per heavy atom. The Morgan fingerprint density at radius 2 is 1.85 bits per heavy atom. The number of nitro groups is 1. The van der Waals surface area contributed by atoms with Crippen molar-refractivity contribution < 1.29 is 14.5 Å². The summed E-state index contributed by atoms with van der Waals surface area (Å²) >= 11 is 0. The van der Waals surface area contributed by atoms with E-state index in [1.807, 2.05) is 17.0 Å². The average Bonchev–Trinajstić information content (AvgIpc) is 3.52. The third-order valence-electron chi connectivity index (χ3n) is 4.99. The van der Waals surface area contributed by atoms with E-state index in [1.54, 1.807) is 6.07 Å². The molecule has 7 heteroatoms. The number of non-ortho nitro benzene ring substituents is 1. The first kappa shape index (κ1) is 17.2. The van der Waals surface area contributed by atoms with E-state index in [0.29, 0.717) is 11.3 Å². The predicted octanol–water partition coefficient (Wildman–Crippen LogP) is 3.54. The molecule has 0 spiro atoms. The van der Waals surface area contributed by atoms with Crippen LogP contribution in [0, 0.1) is 16.0 Å². The summed E-state index contributed by atoms with van der Waals surface area (Å²) in [4.78, 5) is 36.9. The molecule has 27 heavy (non-hydrogen) atoms. The molecule has 1 aliphatic heterocycles. The van der Waals surface area contributed by atoms with Gasteiger partial charge in [-0.15, -0.1) is 0 Å². The number of rotatable bonds is 4. The Kier molecular flexibility index (Phi) is 4.35. The Bertz CT molecular complexity index is 919. The smallest absolute Gasteiger partial charge is 0.269 e. The molecule has 0 aromatic heterocycles. The molecular weight excluding hydrogens is 346 g/mol. The third kappa shape index (κ3) is 3.53. The number of hydrogen-bond donors (Lipinski definition) is 1. The molecule has 1 fully saturated rings. The lowest BCUT2D eigenvalue weighted by Crippen LogP contribution is -2.36. The number of anilines is 2. The van der Waals surface area contributed by atoms with Gasteiger partial charge in [0.05, 0.1) is 4.92 Å². The van der Waals surface area contributed by atoms with E-state index in [2.05, 4.69) is 5.32 Å². The molecule has 2 aromatic carbocycles. The maximum Gasteiger partial charge on any atom is 0.269 e. The van der Waals surface area contributed by atoms with Gasteiger partial charge in [0.2, 0.25) is 5.91 Å². The van der Waals surface area contributed by atoms with Crippen molar-refractivity contribution in [2.45, 2.75) is 25.7 Å². The first-order chi connectivity index (χ1) is 13.0. The molecule has 2 aromatic rings. The monoisotopic (exact) mass is 365 g/mol. The minimum atomic E-state index is -0.500. The number of hydrogen-bond acceptors (Lipinski definition) is 4. The highest BCUT2D eigenvalue weighted by Crippen LogP contribution is 2.36. The molecule has 0 saturated heterocycles. The molecule has 7 nitrogen and oxygen atoms in total. The third-order valence-corrected chi connectivity index (χ3v) is 4.99. The van der Waals surface area contributed by atoms with Gasteiger partial charge < -0.3 is 10.2 Å². The lowest BCUT2D eigenvalue weighted by atomic mass is 10.00. The number of nitrogens with zero attached hydrogens (tertiary/aromatic N) is 2. The van der Waals surface area contributed by atoms with E-state index in [1.165, 1.54) is 24.3 Å². The van der Waals surface area contributed by atoms with E-state index in [-0.39, 0.29) is 23.4 Å². The molecule has 2 aliphatic rings. The second-order valence-corrected chi connectivity index (χ2v) is 6.97. The van der Waals surface area contributed by atoms with Crippen LogP contribution in [0.4, 0.5) is 17.1 Å². The fraction of sp³-hybridized carbons (Fsp3) is 0.300. The number of nitro benzene ring substituents is 1. The van der Waals surface area contributed by atoms with E-state index in [4.69, 9.17) is 0 Å². The number of benzene rings is 2. The summed E-state index contributed by atoms with van der Waals surface area (Å²) in [5, 5.41) is 13.5. The van der Waals surface area contributed by atoms with Gasteiger partial charge in [-0.25, -0.2) is 0 Å². The lowest BCUT2D eigenvalue weighted by molar-refractivity contribution is -0.384. The quantitative estimate of drug-likeness (QED) is 0.662. The Labute approximate surface area is 156 Å². The van der Waals surface area contributed by atoms with E-state index in [9.17, 15) is 19.7 Å². The van der Waals surface area contributed by atoms with Crippen LogP contribution in [-0.2, 0) is 11.2 Å². The van der Waals surface area contributed by atoms with Gasteiger partial charge in [-0.1, -0.05) is 0 Å². The van der Waals surface area contributed by atoms with Crippen molar-refractivity contribution in [3.05, 3.63) is 63.7 Å². The minimum absolute atomic E-state index is 0.0549. The summed E-state index contributed by atoms with van der Waals surface area (Å²) in [6, 6.07) is 11.1. The maximum atomic E-state index is 12.5. The van der Waals surface area contributed by atoms with Gasteiger partial charge in [-0.2, -0.15) is 0 Å². The molecule has 0 atom stereocenters. The highest BCUT2D eigenvalue weighted by Gasteiger charge is 2.35. The van der Waals surface area contributed by atoms with Crippen molar-refractivity contribution in [2.24, 2.45) is 5.92 Å². The number of fused-ring (bicyclic) bond motifs is 1. The number of amides is 2. The molecular formula is C20H19N3O4. The maximum absolute atomic E-state index is 12.5. The fourth-order valence-electron chi connectivity index (χ4n) is 3.39. The zero-order valence-corrected chi connectivity index (χ0v) is 14.7. The Hall–Kier alpha value is -3.22. The first-order valence-corrected chi connectivity index (χ1v) is 9.03. The zero-order chi connectivity index (χ0) is 19.0. The van der Waals surface area contributed by atoms with Crippen LogP contribution in [0.3, 0.4) is 0 Å². The molecule has 1 N–H and O–H groups in total. The van der Waals surface area contributed by atoms with Crippen molar-refractivity contribution in [1.29, 1.82) is 0 Å². The fourth-order valence-corrected chi connectivity index (χ4v) is 3.39. The largest absolute Gasteiger partial charge is 0.322 e. The van der Waals surface area contributed by atoms with Crippen LogP contribution in [-0.4, -0.2) is 23.3 Å². The van der Waals surface area contributed by atoms with Gasteiger partial charge in [0.1, 0.15) is 0 Å². The van der Waals surface area contributed by atoms with Crippen molar-refractivity contribution >= 4 is 28.9 Å². The zero-order valence-electron chi connectivity index (χ0n) is 14.7. The summed E-state index contributed by atoms with van der Waals surface area (Å²) in [7, 11) is 0. The SMILES string of the molecule is O=C(Nc1ccc2c(c1)CCCN2C(=O)C1CC1)c1ccc([N+](=O)[O-])cc1. The molecule has 0 unspecified atom stereocenters. The Morgan fingerprint density at radius 1 is 1.11 bits per heavy atom. The van der Waals surface area contributed by atoms with Crippen LogP contribution in [0.2, 0.25) is 0 Å². The molecule has 1 aliphatic carbocycles. The van der Waals surface area contributed by atoms with Crippen LogP contribution in [0.1, 0.15) is 35.2 Å². The summed E-state index contributed by atoms with van der Waals surface area (Å²) in [5.74, 6) is 0.0580. The molecule has 2 amide bonds. The van der Waals surface area contributed by atoms with E-state index in [0.717, 1.165) is 43.5 Å². The van der Waals surface area contributed by atoms with Gasteiger partial charge in [0.15, 0.2) is 0 Å². The number of carbonyl (C=O) groups is 2. The van der Waals surface area contributed by atoms with Gasteiger partial charge in [-0.05, 0) is 61.6 Å². The summed E-state index contributed by atoms with van der Waals surface area (Å²) in [6.07, 6.45) is 3.73. The summed E-state index contributed by atoms with van der Waals surface area (Å²) in [5.41, 5.74) is 2.94. The number of aryl methyl sites for hydroxylation is 1. The molecule has 0 bridgehead atoms. The van der Waals surface area contributed by atoms with E-state index < -0.39 is 4.92 Å². The van der Waals surface area contributed by atoms with Crippen LogP contribution >= 0.6 is 0 Å². The predicted molar refractivity (Wildman–Crippen MR) is 101 cm³/mol. The van der Waals surface area contributed by atoms with E-state index >= 15 is 0 Å². The molecule has 1 saturated carbocycles.